The second-order valence-electron chi connectivity index (χ2n) is 29.1. The molecule has 0 spiro atoms. The summed E-state index contributed by atoms with van der Waals surface area (Å²) in [7, 11) is 0. The minimum absolute atomic E-state index is 0.0311. The van der Waals surface area contributed by atoms with E-state index >= 15 is 0 Å². The molecule has 0 N–H and O–H groups in total. The molecule has 6 heterocycles. The third-order valence-corrected chi connectivity index (χ3v) is 23.8. The van der Waals surface area contributed by atoms with Crippen molar-refractivity contribution in [2.45, 2.75) is 153 Å². The van der Waals surface area contributed by atoms with Crippen molar-refractivity contribution >= 4 is 133 Å². The summed E-state index contributed by atoms with van der Waals surface area (Å²) in [6.07, 6.45) is 9.46. The van der Waals surface area contributed by atoms with Crippen LogP contribution in [-0.4, -0.2) is 17.8 Å². The molecular formula is C78H75BN4OS. The van der Waals surface area contributed by atoms with Crippen LogP contribution in [0.4, 0.5) is 56.9 Å². The molecule has 5 nitrogen and oxygen atoms in total. The van der Waals surface area contributed by atoms with E-state index in [-0.39, 0.29) is 39.5 Å². The third-order valence-electron chi connectivity index (χ3n) is 22.6. The molecule has 4 unspecified atom stereocenters. The number of hydrogen-bond donors (Lipinski definition) is 0. The van der Waals surface area contributed by atoms with Crippen LogP contribution in [0.5, 0.6) is 0 Å². The second kappa shape index (κ2) is 17.5. The Morgan fingerprint density at radius 1 is 0.412 bits per heavy atom. The summed E-state index contributed by atoms with van der Waals surface area (Å²) in [4.78, 5) is 11.0. The van der Waals surface area contributed by atoms with Gasteiger partial charge in [0.1, 0.15) is 11.2 Å². The fourth-order valence-electron chi connectivity index (χ4n) is 17.8. The Morgan fingerprint density at radius 2 is 0.953 bits per heavy atom. The predicted molar refractivity (Wildman–Crippen MR) is 364 cm³/mol. The van der Waals surface area contributed by atoms with Gasteiger partial charge in [-0.3, -0.25) is 0 Å². The van der Waals surface area contributed by atoms with Gasteiger partial charge >= 0.3 is 0 Å². The largest absolute Gasteiger partial charge is 0.456 e. The molecule has 2 saturated carbocycles. The highest BCUT2D eigenvalue weighted by atomic mass is 32.1. The highest BCUT2D eigenvalue weighted by Gasteiger charge is 2.60. The van der Waals surface area contributed by atoms with Crippen molar-refractivity contribution in [1.29, 1.82) is 0 Å². The Kier molecular flexibility index (Phi) is 10.6. The number of rotatable bonds is 4. The predicted octanol–water partition coefficient (Wildman–Crippen LogP) is 20.1. The van der Waals surface area contributed by atoms with Gasteiger partial charge in [0.2, 0.25) is 0 Å². The van der Waals surface area contributed by atoms with Crippen LogP contribution in [0, 0.1) is 0 Å². The van der Waals surface area contributed by atoms with Crippen molar-refractivity contribution < 1.29 is 4.42 Å². The summed E-state index contributed by atoms with van der Waals surface area (Å²) in [5, 5.41) is 4.87. The monoisotopic (exact) mass is 1130 g/mol. The fraction of sp³-hybridized carbons (Fsp3) is 0.308. The maximum atomic E-state index is 6.91. The maximum Gasteiger partial charge on any atom is 0.252 e. The van der Waals surface area contributed by atoms with E-state index in [1.807, 2.05) is 11.3 Å². The molecule has 7 heteroatoms. The first-order valence-corrected chi connectivity index (χ1v) is 32.4. The lowest BCUT2D eigenvalue weighted by Gasteiger charge is -2.51. The van der Waals surface area contributed by atoms with E-state index in [1.54, 1.807) is 0 Å². The molecule has 85 heavy (non-hydrogen) atoms. The van der Waals surface area contributed by atoms with Crippen molar-refractivity contribution in [3.8, 4) is 0 Å². The number of thiophene rings is 1. The van der Waals surface area contributed by atoms with Crippen LogP contribution in [0.2, 0.25) is 0 Å². The van der Waals surface area contributed by atoms with Gasteiger partial charge in [-0.25, -0.2) is 0 Å². The molecule has 4 aliphatic heterocycles. The van der Waals surface area contributed by atoms with Gasteiger partial charge in [-0.05, 0) is 168 Å². The molecule has 422 valence electrons. The fourth-order valence-corrected chi connectivity index (χ4v) is 18.9. The first-order chi connectivity index (χ1) is 40.9. The van der Waals surface area contributed by atoms with Crippen LogP contribution in [0.3, 0.4) is 0 Å². The first kappa shape index (κ1) is 51.7. The highest BCUT2D eigenvalue weighted by Crippen LogP contribution is 2.64. The Balaban J connectivity index is 1.02. The zero-order chi connectivity index (χ0) is 57.9. The van der Waals surface area contributed by atoms with Crippen LogP contribution in [0.25, 0.3) is 42.1 Å². The Bertz CT molecular complexity index is 4670. The molecule has 11 aromatic rings. The van der Waals surface area contributed by atoms with E-state index < -0.39 is 0 Å². The number of furan rings is 1. The molecule has 9 aromatic carbocycles. The molecule has 0 amide bonds. The normalized spacial score (nSPS) is 23.1. The van der Waals surface area contributed by atoms with Crippen LogP contribution < -0.4 is 36.0 Å². The molecule has 0 saturated heterocycles. The number of fused-ring (bicyclic) bond motifs is 16. The van der Waals surface area contributed by atoms with Crippen molar-refractivity contribution in [3.63, 3.8) is 0 Å². The molecule has 6 aliphatic rings. The van der Waals surface area contributed by atoms with Crippen LogP contribution in [-0.2, 0) is 21.7 Å². The van der Waals surface area contributed by atoms with Crippen molar-refractivity contribution in [3.05, 3.63) is 198 Å². The number of hydrogen-bond acceptors (Lipinski definition) is 6. The molecule has 2 fully saturated rings. The minimum atomic E-state index is -0.179. The van der Waals surface area contributed by atoms with Gasteiger partial charge in [-0.15, -0.1) is 11.3 Å². The minimum Gasteiger partial charge on any atom is -0.456 e. The highest BCUT2D eigenvalue weighted by molar-refractivity contribution is 7.26. The van der Waals surface area contributed by atoms with Crippen LogP contribution in [0.15, 0.2) is 180 Å². The average molecular weight is 1130 g/mol. The molecule has 2 aliphatic carbocycles. The van der Waals surface area contributed by atoms with E-state index in [2.05, 4.69) is 265 Å². The smallest absolute Gasteiger partial charge is 0.252 e. The van der Waals surface area contributed by atoms with E-state index in [0.717, 1.165) is 46.9 Å². The van der Waals surface area contributed by atoms with Gasteiger partial charge in [0.15, 0.2) is 0 Å². The second-order valence-corrected chi connectivity index (χ2v) is 30.1. The molecule has 4 atom stereocenters. The van der Waals surface area contributed by atoms with E-state index in [4.69, 9.17) is 4.42 Å². The summed E-state index contributed by atoms with van der Waals surface area (Å²) in [6, 6.07) is 69.0. The van der Waals surface area contributed by atoms with Gasteiger partial charge < -0.3 is 24.0 Å². The average Bonchev–Trinajstić information content (AvgIpc) is 1.76. The SMILES string of the molecule is CC(C)(C)c1ccc2c(c1)B1c3ccc(N4c5ccc(C(C)(C)C)cc5C5(C)CCCCC45C)cc3N(c3cccc4oc5ccccc5c34)c3cc(N4c5ccccc5C5(C)CCCCC45C)cc(c31)N2c1cccc2sc3ccccc3c12. The zero-order valence-electron chi connectivity index (χ0n) is 51.1. The lowest BCUT2D eigenvalue weighted by molar-refractivity contribution is 0.195. The first-order valence-electron chi connectivity index (χ1n) is 31.6. The number of anilines is 10. The van der Waals surface area contributed by atoms with E-state index in [1.165, 1.54) is 142 Å². The number of nitrogens with zero attached hydrogens (tertiary/aromatic N) is 4. The van der Waals surface area contributed by atoms with E-state index in [0.29, 0.717) is 0 Å². The molecular weight excluding hydrogens is 1050 g/mol. The summed E-state index contributed by atoms with van der Waals surface area (Å²) in [5.74, 6) is 0. The zero-order valence-corrected chi connectivity index (χ0v) is 51.9. The topological polar surface area (TPSA) is 26.1 Å². The summed E-state index contributed by atoms with van der Waals surface area (Å²) >= 11 is 1.91. The molecule has 2 aromatic heterocycles. The molecule has 0 radical (unpaired) electrons. The van der Waals surface area contributed by atoms with Crippen LogP contribution in [0.1, 0.15) is 143 Å². The van der Waals surface area contributed by atoms with Crippen LogP contribution >= 0.6 is 11.3 Å². The van der Waals surface area contributed by atoms with Crippen molar-refractivity contribution in [2.24, 2.45) is 0 Å². The van der Waals surface area contributed by atoms with Gasteiger partial charge in [0.05, 0.1) is 27.8 Å². The van der Waals surface area contributed by atoms with Gasteiger partial charge in [0.25, 0.3) is 6.71 Å². The summed E-state index contributed by atoms with van der Waals surface area (Å²) in [5.41, 5.74) is 23.5. The van der Waals surface area contributed by atoms with Crippen molar-refractivity contribution in [1.82, 2.24) is 0 Å². The number of benzene rings is 9. The Hall–Kier alpha value is -7.74. The number of para-hydroxylation sites is 2. The maximum absolute atomic E-state index is 6.91. The Morgan fingerprint density at radius 3 is 1.69 bits per heavy atom. The standard InChI is InChI=1S/C78H75BN4OS/c1-73(2,3)48-33-37-59-55(43-48)76(8)40-18-20-42-78(76,10)82(59)50-35-36-56-63(45-50)81(61-27-21-30-67-70(61)52-23-11-15-29-66(52)84-67)65-47-51(83-58-26-14-13-25-54(58)75(7)39-17-19-41-77(75,83)9)46-64-72(65)79(56)57-44-49(74(4,5)6)34-38-60(57)80(64)62-28-22-32-69-71(62)53-24-12-16-31-68(53)85-69/h11-16,21-38,43-47H,17-20,39-42H2,1-10H3. The summed E-state index contributed by atoms with van der Waals surface area (Å²) < 4.78 is 9.52. The van der Waals surface area contributed by atoms with Gasteiger partial charge in [-0.1, -0.05) is 178 Å². The van der Waals surface area contributed by atoms with Crippen molar-refractivity contribution in [2.75, 3.05) is 19.6 Å². The molecule has 0 bridgehead atoms. The lowest BCUT2D eigenvalue weighted by Crippen LogP contribution is -2.62. The Labute approximate surface area is 506 Å². The quantitative estimate of drug-likeness (QED) is 0.164. The third kappa shape index (κ3) is 6.82. The van der Waals surface area contributed by atoms with Gasteiger partial charge in [0, 0.05) is 81.9 Å². The lowest BCUT2D eigenvalue weighted by atomic mass is 9.33. The summed E-state index contributed by atoms with van der Waals surface area (Å²) in [6.45, 7) is 24.5. The molecule has 17 rings (SSSR count). The van der Waals surface area contributed by atoms with E-state index in [9.17, 15) is 0 Å². The van der Waals surface area contributed by atoms with Gasteiger partial charge in [-0.2, -0.15) is 0 Å².